The first-order valence-corrected chi connectivity index (χ1v) is 9.29. The second-order valence-electron chi connectivity index (χ2n) is 6.70. The van der Waals surface area contributed by atoms with Gasteiger partial charge in [-0.2, -0.15) is 0 Å². The predicted molar refractivity (Wildman–Crippen MR) is 108 cm³/mol. The van der Waals surface area contributed by atoms with Crippen molar-refractivity contribution in [2.24, 2.45) is 0 Å². The number of rotatable bonds is 6. The molecule has 26 heavy (non-hydrogen) atoms. The molecule has 0 fully saturated rings. The number of aromatic nitrogens is 2. The molecule has 0 bridgehead atoms. The molecular weight excluding hydrogens is 320 g/mol. The molecule has 2 heterocycles. The van der Waals surface area contributed by atoms with Crippen molar-refractivity contribution in [2.75, 3.05) is 7.11 Å². The Bertz CT molecular complexity index is 1030. The number of hydrogen-bond donors (Lipinski definition) is 0. The van der Waals surface area contributed by atoms with Crippen molar-refractivity contribution in [3.8, 4) is 5.75 Å². The van der Waals surface area contributed by atoms with Crippen molar-refractivity contribution in [2.45, 2.75) is 32.7 Å². The van der Waals surface area contributed by atoms with Crippen molar-refractivity contribution < 1.29 is 4.74 Å². The number of fused-ring (bicyclic) bond motifs is 3. The Morgan fingerprint density at radius 3 is 2.54 bits per heavy atom. The van der Waals surface area contributed by atoms with E-state index in [1.165, 1.54) is 40.2 Å². The highest BCUT2D eigenvalue weighted by Gasteiger charge is 2.14. The van der Waals surface area contributed by atoms with Gasteiger partial charge in [0.25, 0.3) is 0 Å². The summed E-state index contributed by atoms with van der Waals surface area (Å²) in [5.74, 6) is 0.886. The Balaban J connectivity index is 1.86. The van der Waals surface area contributed by atoms with E-state index >= 15 is 0 Å². The van der Waals surface area contributed by atoms with E-state index in [1.807, 2.05) is 18.3 Å². The van der Waals surface area contributed by atoms with Gasteiger partial charge in [-0.1, -0.05) is 43.7 Å². The van der Waals surface area contributed by atoms with E-state index in [9.17, 15) is 0 Å². The molecule has 0 amide bonds. The van der Waals surface area contributed by atoms with Crippen molar-refractivity contribution in [1.29, 1.82) is 0 Å². The van der Waals surface area contributed by atoms with Gasteiger partial charge in [0.15, 0.2) is 0 Å². The molecule has 3 heteroatoms. The van der Waals surface area contributed by atoms with E-state index < -0.39 is 0 Å². The van der Waals surface area contributed by atoms with Crippen LogP contribution in [0, 0.1) is 0 Å². The number of hydrogen-bond acceptors (Lipinski definition) is 2. The maximum absolute atomic E-state index is 5.27. The summed E-state index contributed by atoms with van der Waals surface area (Å²) in [6.45, 7) is 3.27. The average molecular weight is 344 g/mol. The third kappa shape index (κ3) is 2.94. The molecule has 2 aromatic heterocycles. The smallest absolute Gasteiger partial charge is 0.118 e. The molecule has 2 aromatic carbocycles. The lowest BCUT2D eigenvalue weighted by Crippen LogP contribution is -2.02. The standard InChI is InChI=1S/C23H24N2O/c1-3-4-15-25-22-8-6-5-7-19(22)20-13-14-24-21(23(20)25)16-17-9-11-18(26-2)12-10-17/h5-14H,3-4,15-16H2,1-2H3. The van der Waals surface area contributed by atoms with E-state index in [-0.39, 0.29) is 0 Å². The first kappa shape index (κ1) is 16.6. The van der Waals surface area contributed by atoms with Gasteiger partial charge in [-0.15, -0.1) is 0 Å². The SMILES string of the molecule is CCCCn1c2ccccc2c2ccnc(Cc3ccc(OC)cc3)c21. The summed E-state index contributed by atoms with van der Waals surface area (Å²) >= 11 is 0. The summed E-state index contributed by atoms with van der Waals surface area (Å²) in [5, 5.41) is 2.62. The van der Waals surface area contributed by atoms with Crippen LogP contribution in [0.5, 0.6) is 5.75 Å². The van der Waals surface area contributed by atoms with Gasteiger partial charge >= 0.3 is 0 Å². The van der Waals surface area contributed by atoms with Crippen LogP contribution in [0.4, 0.5) is 0 Å². The lowest BCUT2D eigenvalue weighted by atomic mass is 10.1. The van der Waals surface area contributed by atoms with E-state index in [0.717, 1.165) is 24.4 Å². The molecule has 0 aliphatic carbocycles. The topological polar surface area (TPSA) is 27.1 Å². The largest absolute Gasteiger partial charge is 0.497 e. The normalized spacial score (nSPS) is 11.3. The minimum absolute atomic E-state index is 0.823. The maximum Gasteiger partial charge on any atom is 0.118 e. The molecule has 0 atom stereocenters. The van der Waals surface area contributed by atoms with Crippen molar-refractivity contribution in [3.05, 3.63) is 72.1 Å². The molecule has 0 unspecified atom stereocenters. The Labute approximate surface area is 154 Å². The van der Waals surface area contributed by atoms with Gasteiger partial charge in [0.1, 0.15) is 5.75 Å². The number of benzene rings is 2. The number of para-hydroxylation sites is 1. The molecule has 3 nitrogen and oxygen atoms in total. The molecule has 0 N–H and O–H groups in total. The molecular formula is C23H24N2O. The van der Waals surface area contributed by atoms with Crippen LogP contribution in [0.25, 0.3) is 21.8 Å². The van der Waals surface area contributed by atoms with Crippen LogP contribution in [0.1, 0.15) is 31.0 Å². The van der Waals surface area contributed by atoms with E-state index in [2.05, 4.69) is 54.0 Å². The van der Waals surface area contributed by atoms with Crippen LogP contribution in [0.3, 0.4) is 0 Å². The second-order valence-corrected chi connectivity index (χ2v) is 6.70. The first-order valence-electron chi connectivity index (χ1n) is 9.29. The number of nitrogens with zero attached hydrogens (tertiary/aromatic N) is 2. The number of pyridine rings is 1. The van der Waals surface area contributed by atoms with Crippen LogP contribution in [0.15, 0.2) is 60.8 Å². The van der Waals surface area contributed by atoms with Gasteiger partial charge in [-0.25, -0.2) is 0 Å². The highest BCUT2D eigenvalue weighted by Crippen LogP contribution is 2.31. The number of methoxy groups -OCH3 is 1. The summed E-state index contributed by atoms with van der Waals surface area (Å²) < 4.78 is 7.73. The summed E-state index contributed by atoms with van der Waals surface area (Å²) in [4.78, 5) is 4.76. The molecule has 4 aromatic rings. The van der Waals surface area contributed by atoms with Crippen molar-refractivity contribution in [1.82, 2.24) is 9.55 Å². The minimum atomic E-state index is 0.823. The van der Waals surface area contributed by atoms with Crippen molar-refractivity contribution >= 4 is 21.8 Å². The Morgan fingerprint density at radius 1 is 0.962 bits per heavy atom. The maximum atomic E-state index is 5.27. The molecule has 0 radical (unpaired) electrons. The van der Waals surface area contributed by atoms with E-state index in [1.54, 1.807) is 7.11 Å². The van der Waals surface area contributed by atoms with Gasteiger partial charge in [0, 0.05) is 35.5 Å². The van der Waals surface area contributed by atoms with Crippen LogP contribution < -0.4 is 4.74 Å². The highest BCUT2D eigenvalue weighted by atomic mass is 16.5. The third-order valence-corrected chi connectivity index (χ3v) is 5.02. The Hall–Kier alpha value is -2.81. The van der Waals surface area contributed by atoms with Crippen LogP contribution in [-0.4, -0.2) is 16.7 Å². The highest BCUT2D eigenvalue weighted by molar-refractivity contribution is 6.08. The summed E-state index contributed by atoms with van der Waals surface area (Å²) in [6, 6.07) is 19.1. The minimum Gasteiger partial charge on any atom is -0.497 e. The van der Waals surface area contributed by atoms with Gasteiger partial charge in [0.05, 0.1) is 18.3 Å². The number of aryl methyl sites for hydroxylation is 1. The molecule has 0 aliphatic rings. The number of unbranched alkanes of at least 4 members (excludes halogenated alkanes) is 1. The average Bonchev–Trinajstić information content (AvgIpc) is 3.02. The fourth-order valence-electron chi connectivity index (χ4n) is 3.69. The van der Waals surface area contributed by atoms with E-state index in [0.29, 0.717) is 0 Å². The fraction of sp³-hybridized carbons (Fsp3) is 0.261. The van der Waals surface area contributed by atoms with Crippen LogP contribution in [-0.2, 0) is 13.0 Å². The zero-order valence-electron chi connectivity index (χ0n) is 15.4. The van der Waals surface area contributed by atoms with Crippen LogP contribution in [0.2, 0.25) is 0 Å². The molecule has 0 saturated carbocycles. The Morgan fingerprint density at radius 2 is 1.77 bits per heavy atom. The Kier molecular flexibility index (Phi) is 4.61. The number of ether oxygens (including phenoxy) is 1. The quantitative estimate of drug-likeness (QED) is 0.456. The molecule has 0 aliphatic heterocycles. The molecule has 132 valence electrons. The van der Waals surface area contributed by atoms with Crippen LogP contribution >= 0.6 is 0 Å². The zero-order chi connectivity index (χ0) is 17.9. The third-order valence-electron chi connectivity index (χ3n) is 5.02. The monoisotopic (exact) mass is 344 g/mol. The lowest BCUT2D eigenvalue weighted by Gasteiger charge is -2.10. The molecule has 0 spiro atoms. The summed E-state index contributed by atoms with van der Waals surface area (Å²) in [6.07, 6.45) is 5.12. The zero-order valence-corrected chi connectivity index (χ0v) is 15.4. The second kappa shape index (κ2) is 7.20. The van der Waals surface area contributed by atoms with E-state index in [4.69, 9.17) is 9.72 Å². The lowest BCUT2D eigenvalue weighted by molar-refractivity contribution is 0.414. The van der Waals surface area contributed by atoms with Crippen molar-refractivity contribution in [3.63, 3.8) is 0 Å². The molecule has 0 saturated heterocycles. The van der Waals surface area contributed by atoms with Gasteiger partial charge in [0.2, 0.25) is 0 Å². The fourth-order valence-corrected chi connectivity index (χ4v) is 3.69. The van der Waals surface area contributed by atoms with Gasteiger partial charge in [-0.3, -0.25) is 4.98 Å². The predicted octanol–water partition coefficient (Wildman–Crippen LogP) is 5.59. The molecule has 4 rings (SSSR count). The first-order chi connectivity index (χ1) is 12.8. The van der Waals surface area contributed by atoms with Gasteiger partial charge < -0.3 is 9.30 Å². The summed E-state index contributed by atoms with van der Waals surface area (Å²) in [7, 11) is 1.70. The van der Waals surface area contributed by atoms with Gasteiger partial charge in [-0.05, 0) is 36.2 Å². The summed E-state index contributed by atoms with van der Waals surface area (Å²) in [5.41, 5.74) is 4.97.